The van der Waals surface area contributed by atoms with Gasteiger partial charge in [-0.25, -0.2) is 0 Å². The molecule has 0 aromatic heterocycles. The summed E-state index contributed by atoms with van der Waals surface area (Å²) in [5.41, 5.74) is 0. The molecule has 4 aliphatic rings. The average molecular weight is 530 g/mol. The van der Waals surface area contributed by atoms with Gasteiger partial charge in [0.1, 0.15) is 0 Å². The van der Waals surface area contributed by atoms with Gasteiger partial charge in [0, 0.05) is 39.4 Å². The molecule has 1 saturated heterocycles. The number of aliphatic imine (C=N–C) groups is 1. The van der Waals surface area contributed by atoms with Crippen LogP contribution in [-0.2, 0) is 14.3 Å². The summed E-state index contributed by atoms with van der Waals surface area (Å²) in [5, 5.41) is 6.57. The second-order valence-corrected chi connectivity index (χ2v) is 8.74. The summed E-state index contributed by atoms with van der Waals surface area (Å²) in [5.74, 6) is 2.04. The molecule has 4 atom stereocenters. The molecule has 8 heteroatoms. The number of carbonyl (C=O) groups is 2. The predicted octanol–water partition coefficient (Wildman–Crippen LogP) is 2.17. The molecule has 0 aromatic rings. The number of halogens is 1. The van der Waals surface area contributed by atoms with E-state index in [1.165, 1.54) is 17.7 Å². The molecule has 0 radical (unpaired) electrons. The molecule has 0 spiro atoms. The Balaban J connectivity index is 0.00000256. The van der Waals surface area contributed by atoms with Gasteiger partial charge in [0.25, 0.3) is 0 Å². The molecule has 3 fully saturated rings. The molecule has 2 amide bonds. The van der Waals surface area contributed by atoms with E-state index in [4.69, 9.17) is 4.74 Å². The van der Waals surface area contributed by atoms with Crippen LogP contribution in [0.15, 0.2) is 17.1 Å². The molecule has 2 saturated carbocycles. The lowest BCUT2D eigenvalue weighted by Gasteiger charge is -2.17. The summed E-state index contributed by atoms with van der Waals surface area (Å²) >= 11 is 0. The molecule has 2 N–H and O–H groups in total. The van der Waals surface area contributed by atoms with Crippen LogP contribution in [0, 0.1) is 29.6 Å². The number of fused-ring (bicyclic) bond motifs is 5. The molecule has 1 aliphatic heterocycles. The molecule has 4 unspecified atom stereocenters. The van der Waals surface area contributed by atoms with Gasteiger partial charge in [-0.2, -0.15) is 0 Å². The molecule has 2 bridgehead atoms. The van der Waals surface area contributed by atoms with Crippen LogP contribution >= 0.6 is 24.0 Å². The Morgan fingerprint density at radius 3 is 2.47 bits per heavy atom. The van der Waals surface area contributed by atoms with Gasteiger partial charge in [0.2, 0.25) is 11.8 Å². The van der Waals surface area contributed by atoms with Crippen molar-refractivity contribution in [1.29, 1.82) is 0 Å². The molecular formula is C22H35IN4O3. The smallest absolute Gasteiger partial charge is 0.233 e. The van der Waals surface area contributed by atoms with E-state index in [1.54, 1.807) is 0 Å². The summed E-state index contributed by atoms with van der Waals surface area (Å²) in [6.45, 7) is 6.40. The highest BCUT2D eigenvalue weighted by Crippen LogP contribution is 2.52. The van der Waals surface area contributed by atoms with E-state index in [-0.39, 0.29) is 59.5 Å². The Bertz CT molecular complexity index is 649. The first kappa shape index (κ1) is 23.5. The number of ether oxygens (including phenoxy) is 1. The number of imide groups is 1. The van der Waals surface area contributed by atoms with Crippen molar-refractivity contribution in [2.75, 3.05) is 39.4 Å². The Hall–Kier alpha value is -1.16. The maximum absolute atomic E-state index is 12.7. The quantitative estimate of drug-likeness (QED) is 0.107. The largest absolute Gasteiger partial charge is 0.381 e. The second-order valence-electron chi connectivity index (χ2n) is 8.74. The second kappa shape index (κ2) is 10.9. The number of rotatable bonds is 11. The standard InChI is InChI=1S/C22H34N4O3.HI/c1-2-23-22(25-10-4-12-29-14-15-5-6-15)24-9-3-11-26-20(27)18-16-7-8-17(13-16)19(18)21(26)28;/h7-8,15-19H,2-6,9-14H2,1H3,(H2,23,24,25);1H. The van der Waals surface area contributed by atoms with E-state index in [0.717, 1.165) is 51.0 Å². The number of amides is 2. The predicted molar refractivity (Wildman–Crippen MR) is 127 cm³/mol. The van der Waals surface area contributed by atoms with E-state index >= 15 is 0 Å². The third kappa shape index (κ3) is 5.36. The van der Waals surface area contributed by atoms with Gasteiger partial charge < -0.3 is 15.4 Å². The summed E-state index contributed by atoms with van der Waals surface area (Å²) < 4.78 is 5.65. The minimum atomic E-state index is -0.0953. The number of hydrogen-bond acceptors (Lipinski definition) is 4. The van der Waals surface area contributed by atoms with Crippen molar-refractivity contribution in [2.24, 2.45) is 34.6 Å². The van der Waals surface area contributed by atoms with E-state index < -0.39 is 0 Å². The molecule has 0 aromatic carbocycles. The maximum atomic E-state index is 12.7. The van der Waals surface area contributed by atoms with E-state index in [9.17, 15) is 9.59 Å². The number of hydrogen-bond donors (Lipinski definition) is 2. The number of likely N-dealkylation sites (tertiary alicyclic amines) is 1. The highest BCUT2D eigenvalue weighted by molar-refractivity contribution is 14.0. The van der Waals surface area contributed by atoms with Crippen LogP contribution in [-0.4, -0.2) is 62.1 Å². The zero-order chi connectivity index (χ0) is 20.2. The first-order valence-electron chi connectivity index (χ1n) is 11.3. The minimum Gasteiger partial charge on any atom is -0.381 e. The van der Waals surface area contributed by atoms with Crippen LogP contribution in [0.1, 0.15) is 39.0 Å². The molecule has 4 rings (SSSR count). The van der Waals surface area contributed by atoms with Crippen LogP contribution in [0.4, 0.5) is 0 Å². The third-order valence-electron chi connectivity index (χ3n) is 6.52. The average Bonchev–Trinajstić information content (AvgIpc) is 3.21. The molecule has 168 valence electrons. The monoisotopic (exact) mass is 530 g/mol. The number of nitrogens with one attached hydrogen (secondary N) is 2. The Morgan fingerprint density at radius 1 is 1.13 bits per heavy atom. The number of carbonyl (C=O) groups excluding carboxylic acids is 2. The summed E-state index contributed by atoms with van der Waals surface area (Å²) in [7, 11) is 0. The van der Waals surface area contributed by atoms with Crippen LogP contribution < -0.4 is 10.6 Å². The summed E-state index contributed by atoms with van der Waals surface area (Å²) in [4.78, 5) is 31.5. The van der Waals surface area contributed by atoms with Gasteiger partial charge in [-0.05, 0) is 56.8 Å². The van der Waals surface area contributed by atoms with Gasteiger partial charge in [-0.1, -0.05) is 12.2 Å². The van der Waals surface area contributed by atoms with Crippen molar-refractivity contribution in [3.63, 3.8) is 0 Å². The van der Waals surface area contributed by atoms with Gasteiger partial charge >= 0.3 is 0 Å². The molecule has 1 heterocycles. The normalized spacial score (nSPS) is 29.4. The van der Waals surface area contributed by atoms with Crippen molar-refractivity contribution >= 4 is 41.8 Å². The number of guanidine groups is 1. The Morgan fingerprint density at radius 2 is 1.83 bits per heavy atom. The first-order valence-corrected chi connectivity index (χ1v) is 11.3. The molecular weight excluding hydrogens is 495 g/mol. The van der Waals surface area contributed by atoms with Crippen LogP contribution in [0.25, 0.3) is 0 Å². The zero-order valence-corrected chi connectivity index (χ0v) is 20.2. The third-order valence-corrected chi connectivity index (χ3v) is 6.52. The molecule has 30 heavy (non-hydrogen) atoms. The number of allylic oxidation sites excluding steroid dienone is 2. The number of nitrogens with zero attached hydrogens (tertiary/aromatic N) is 2. The van der Waals surface area contributed by atoms with Crippen molar-refractivity contribution in [3.05, 3.63) is 12.2 Å². The van der Waals surface area contributed by atoms with Crippen molar-refractivity contribution in [1.82, 2.24) is 15.5 Å². The van der Waals surface area contributed by atoms with E-state index in [0.29, 0.717) is 19.5 Å². The topological polar surface area (TPSA) is 83.0 Å². The van der Waals surface area contributed by atoms with Crippen molar-refractivity contribution in [3.8, 4) is 0 Å². The first-order chi connectivity index (χ1) is 14.2. The lowest BCUT2D eigenvalue weighted by atomic mass is 9.85. The lowest BCUT2D eigenvalue weighted by Crippen LogP contribution is -2.38. The van der Waals surface area contributed by atoms with Crippen LogP contribution in [0.2, 0.25) is 0 Å². The maximum Gasteiger partial charge on any atom is 0.233 e. The molecule has 3 aliphatic carbocycles. The fourth-order valence-electron chi connectivity index (χ4n) is 4.86. The highest BCUT2D eigenvalue weighted by atomic mass is 127. The van der Waals surface area contributed by atoms with E-state index in [1.807, 2.05) is 6.92 Å². The fourth-order valence-corrected chi connectivity index (χ4v) is 4.86. The Labute approximate surface area is 196 Å². The highest BCUT2D eigenvalue weighted by Gasteiger charge is 2.58. The van der Waals surface area contributed by atoms with Gasteiger partial charge in [0.05, 0.1) is 11.8 Å². The van der Waals surface area contributed by atoms with Gasteiger partial charge in [0.15, 0.2) is 5.96 Å². The van der Waals surface area contributed by atoms with Crippen LogP contribution in [0.3, 0.4) is 0 Å². The van der Waals surface area contributed by atoms with Crippen molar-refractivity contribution < 1.29 is 14.3 Å². The van der Waals surface area contributed by atoms with Gasteiger partial charge in [-0.15, -0.1) is 24.0 Å². The molecule has 7 nitrogen and oxygen atoms in total. The van der Waals surface area contributed by atoms with Crippen molar-refractivity contribution in [2.45, 2.75) is 39.0 Å². The van der Waals surface area contributed by atoms with Crippen LogP contribution in [0.5, 0.6) is 0 Å². The summed E-state index contributed by atoms with van der Waals surface area (Å²) in [6, 6.07) is 0. The zero-order valence-electron chi connectivity index (χ0n) is 17.8. The lowest BCUT2D eigenvalue weighted by molar-refractivity contribution is -0.140. The summed E-state index contributed by atoms with van der Waals surface area (Å²) in [6.07, 6.45) is 9.54. The minimum absolute atomic E-state index is 0. The Kier molecular flexibility index (Phi) is 8.56. The fraction of sp³-hybridized carbons (Fsp3) is 0.773. The van der Waals surface area contributed by atoms with E-state index in [2.05, 4.69) is 27.8 Å². The van der Waals surface area contributed by atoms with Gasteiger partial charge in [-0.3, -0.25) is 19.5 Å². The SMILES string of the molecule is CCNC(=NCCCN1C(=O)C2C3C=CC(C3)C2C1=O)NCCCOCC1CC1.I.